The molecule has 0 rings (SSSR count). The van der Waals surface area contributed by atoms with Gasteiger partial charge in [-0.3, -0.25) is 4.79 Å². The number of esters is 1. The molecule has 22 heavy (non-hydrogen) atoms. The third kappa shape index (κ3) is 18.0. The summed E-state index contributed by atoms with van der Waals surface area (Å²) in [5.74, 6) is -0.0490. The lowest BCUT2D eigenvalue weighted by Gasteiger charge is -2.01. The lowest BCUT2D eigenvalue weighted by Crippen LogP contribution is -2.01. The number of unbranched alkanes of at least 4 members (excludes halogenated alkanes) is 11. The molecule has 0 aliphatic rings. The number of rotatable bonds is 16. The number of ether oxygens (including phenoxy) is 1. The number of alkyl halides is 1. The van der Waals surface area contributed by atoms with Crippen LogP contribution in [0, 0.1) is 0 Å². The van der Waals surface area contributed by atoms with Crippen molar-refractivity contribution in [3.8, 4) is 0 Å². The monoisotopic (exact) mass is 422 g/mol. The maximum Gasteiger partial charge on any atom is 0.306 e. The number of carbonyl (C=O) groups excluding carboxylic acids is 1. The van der Waals surface area contributed by atoms with Gasteiger partial charge in [0.2, 0.25) is 0 Å². The van der Waals surface area contributed by atoms with E-state index in [1.165, 1.54) is 70.6 Å². The predicted octanol–water partition coefficient (Wildman–Crippen LogP) is 6.96. The summed E-state index contributed by atoms with van der Waals surface area (Å²) in [6, 6.07) is 0. The Hall–Kier alpha value is -0.0600. The van der Waals surface area contributed by atoms with Crippen molar-refractivity contribution in [2.45, 2.75) is 96.8 Å². The van der Waals surface area contributed by atoms with Crippen LogP contribution in [-0.2, 0) is 9.53 Å². The summed E-state index contributed by atoms with van der Waals surface area (Å²) in [7, 11) is 0. The maximum absolute atomic E-state index is 11.1. The number of allylic oxidation sites excluding steroid dienone is 2. The van der Waals surface area contributed by atoms with Crippen molar-refractivity contribution >= 4 is 28.6 Å². The van der Waals surface area contributed by atoms with Gasteiger partial charge in [0.1, 0.15) is 4.61 Å². The van der Waals surface area contributed by atoms with Crippen molar-refractivity contribution < 1.29 is 9.53 Å². The number of carbonyl (C=O) groups is 1. The second kappa shape index (κ2) is 19.0. The summed E-state index contributed by atoms with van der Waals surface area (Å²) in [5, 5.41) is 0. The zero-order valence-corrected chi connectivity index (χ0v) is 16.6. The highest BCUT2D eigenvalue weighted by molar-refractivity contribution is 14.1. The number of halogens is 1. The van der Waals surface area contributed by atoms with Crippen LogP contribution in [-0.4, -0.2) is 10.6 Å². The van der Waals surface area contributed by atoms with E-state index >= 15 is 0 Å². The Labute approximate surface area is 151 Å². The van der Waals surface area contributed by atoms with Crippen molar-refractivity contribution in [2.75, 3.05) is 4.61 Å². The molecule has 2 nitrogen and oxygen atoms in total. The Bertz CT molecular complexity index is 264. The largest absolute Gasteiger partial charge is 0.455 e. The van der Waals surface area contributed by atoms with E-state index in [1.807, 2.05) is 0 Å². The molecule has 0 aromatic heterocycles. The van der Waals surface area contributed by atoms with Gasteiger partial charge in [-0.05, 0) is 54.7 Å². The zero-order valence-electron chi connectivity index (χ0n) is 14.5. The molecule has 0 aromatic rings. The first-order valence-corrected chi connectivity index (χ1v) is 10.7. The first-order chi connectivity index (χ1) is 10.8. The van der Waals surface area contributed by atoms with Crippen LogP contribution in [0.5, 0.6) is 0 Å². The fourth-order valence-electron chi connectivity index (χ4n) is 2.47. The van der Waals surface area contributed by atoms with Gasteiger partial charge in [0.05, 0.1) is 0 Å². The SMILES string of the molecule is CCCCCCCCC=CCCCCCCCC(=O)OCI. The molecule has 0 amide bonds. The quantitative estimate of drug-likeness (QED) is 0.0884. The van der Waals surface area contributed by atoms with Crippen LogP contribution < -0.4 is 0 Å². The maximum atomic E-state index is 11.1. The van der Waals surface area contributed by atoms with Gasteiger partial charge in [-0.25, -0.2) is 0 Å². The van der Waals surface area contributed by atoms with E-state index in [0.717, 1.165) is 12.8 Å². The Balaban J connectivity index is 3.12. The molecule has 0 fully saturated rings. The van der Waals surface area contributed by atoms with Gasteiger partial charge in [-0.15, -0.1) is 0 Å². The van der Waals surface area contributed by atoms with Gasteiger partial charge < -0.3 is 4.74 Å². The van der Waals surface area contributed by atoms with E-state index in [0.29, 0.717) is 11.0 Å². The summed E-state index contributed by atoms with van der Waals surface area (Å²) in [4.78, 5) is 11.1. The molecule has 0 N–H and O–H groups in total. The van der Waals surface area contributed by atoms with Crippen LogP contribution in [0.1, 0.15) is 96.8 Å². The van der Waals surface area contributed by atoms with Crippen LogP contribution in [0.2, 0.25) is 0 Å². The van der Waals surface area contributed by atoms with E-state index < -0.39 is 0 Å². The molecule has 0 radical (unpaired) electrons. The highest BCUT2D eigenvalue weighted by atomic mass is 127. The Morgan fingerprint density at radius 2 is 1.32 bits per heavy atom. The predicted molar refractivity (Wildman–Crippen MR) is 104 cm³/mol. The van der Waals surface area contributed by atoms with E-state index in [2.05, 4.69) is 41.7 Å². The minimum Gasteiger partial charge on any atom is -0.455 e. The summed E-state index contributed by atoms with van der Waals surface area (Å²) in [6.07, 6.45) is 22.0. The molecule has 0 saturated carbocycles. The van der Waals surface area contributed by atoms with Crippen LogP contribution in [0.4, 0.5) is 0 Å². The van der Waals surface area contributed by atoms with Crippen LogP contribution >= 0.6 is 22.6 Å². The van der Waals surface area contributed by atoms with Gasteiger partial charge >= 0.3 is 5.97 Å². The molecule has 3 heteroatoms. The molecule has 0 unspecified atom stereocenters. The smallest absolute Gasteiger partial charge is 0.306 e. The molecule has 0 heterocycles. The van der Waals surface area contributed by atoms with E-state index in [4.69, 9.17) is 4.74 Å². The Morgan fingerprint density at radius 3 is 1.86 bits per heavy atom. The first kappa shape index (κ1) is 21.9. The van der Waals surface area contributed by atoms with Crippen LogP contribution in [0.15, 0.2) is 12.2 Å². The van der Waals surface area contributed by atoms with Crippen molar-refractivity contribution in [1.82, 2.24) is 0 Å². The molecule has 0 bridgehead atoms. The van der Waals surface area contributed by atoms with Gasteiger partial charge in [0.25, 0.3) is 0 Å². The van der Waals surface area contributed by atoms with Crippen LogP contribution in [0.25, 0.3) is 0 Å². The van der Waals surface area contributed by atoms with Gasteiger partial charge in [0, 0.05) is 6.42 Å². The molecule has 0 atom stereocenters. The molecular weight excluding hydrogens is 387 g/mol. The minimum atomic E-state index is -0.0490. The summed E-state index contributed by atoms with van der Waals surface area (Å²) < 4.78 is 5.37. The standard InChI is InChI=1S/C19H35IO2/c1-2-3-4-5-6-7-8-9-10-11-12-13-14-15-16-17-19(21)22-18-20/h9-10H,2-8,11-18H2,1H3. The zero-order chi connectivity index (χ0) is 16.3. The second-order valence-corrected chi connectivity index (χ2v) is 6.58. The lowest BCUT2D eigenvalue weighted by molar-refractivity contribution is -0.141. The van der Waals surface area contributed by atoms with Crippen molar-refractivity contribution in [3.63, 3.8) is 0 Å². The average molecular weight is 422 g/mol. The molecule has 0 saturated heterocycles. The molecule has 130 valence electrons. The highest BCUT2D eigenvalue weighted by Crippen LogP contribution is 2.10. The third-order valence-corrected chi connectivity index (χ3v) is 4.17. The fraction of sp³-hybridized carbons (Fsp3) is 0.842. The topological polar surface area (TPSA) is 26.3 Å². The molecule has 0 aliphatic carbocycles. The lowest BCUT2D eigenvalue weighted by atomic mass is 10.1. The van der Waals surface area contributed by atoms with E-state index in [9.17, 15) is 4.79 Å². The van der Waals surface area contributed by atoms with Crippen molar-refractivity contribution in [3.05, 3.63) is 12.2 Å². The molecular formula is C19H35IO2. The third-order valence-electron chi connectivity index (χ3n) is 3.86. The van der Waals surface area contributed by atoms with Crippen molar-refractivity contribution in [2.24, 2.45) is 0 Å². The van der Waals surface area contributed by atoms with E-state index in [-0.39, 0.29) is 5.97 Å². The summed E-state index contributed by atoms with van der Waals surface area (Å²) >= 11 is 2.06. The normalized spacial score (nSPS) is 11.2. The second-order valence-electron chi connectivity index (χ2n) is 5.96. The minimum absolute atomic E-state index is 0.0490. The van der Waals surface area contributed by atoms with Gasteiger partial charge in [0.15, 0.2) is 0 Å². The van der Waals surface area contributed by atoms with Gasteiger partial charge in [-0.1, -0.05) is 70.4 Å². The molecule has 0 spiro atoms. The summed E-state index contributed by atoms with van der Waals surface area (Å²) in [6.45, 7) is 2.27. The Kier molecular flexibility index (Phi) is 18.9. The Morgan fingerprint density at radius 1 is 0.818 bits per heavy atom. The van der Waals surface area contributed by atoms with Crippen molar-refractivity contribution in [1.29, 1.82) is 0 Å². The first-order valence-electron chi connectivity index (χ1n) is 9.17. The summed E-state index contributed by atoms with van der Waals surface area (Å²) in [5.41, 5.74) is 0. The van der Waals surface area contributed by atoms with Gasteiger partial charge in [-0.2, -0.15) is 0 Å². The van der Waals surface area contributed by atoms with E-state index in [1.54, 1.807) is 0 Å². The number of hydrogen-bond donors (Lipinski definition) is 0. The molecule has 0 aromatic carbocycles. The molecule has 0 aliphatic heterocycles. The average Bonchev–Trinajstić information content (AvgIpc) is 2.51. The number of hydrogen-bond acceptors (Lipinski definition) is 2. The highest BCUT2D eigenvalue weighted by Gasteiger charge is 2.00. The van der Waals surface area contributed by atoms with Crippen LogP contribution in [0.3, 0.4) is 0 Å². The fourth-order valence-corrected chi connectivity index (χ4v) is 2.82.